The van der Waals surface area contributed by atoms with E-state index in [4.69, 9.17) is 0 Å². The normalized spacial score (nSPS) is 18.6. The van der Waals surface area contributed by atoms with Crippen molar-refractivity contribution in [1.82, 2.24) is 4.98 Å². The van der Waals surface area contributed by atoms with Gasteiger partial charge in [-0.3, -0.25) is 4.79 Å². The molecule has 3 rings (SSSR count). The summed E-state index contributed by atoms with van der Waals surface area (Å²) in [5, 5.41) is 10.8. The first kappa shape index (κ1) is 14.0. The van der Waals surface area contributed by atoms with Crippen LogP contribution >= 0.6 is 34.4 Å². The Balaban J connectivity index is 2.25. The summed E-state index contributed by atoms with van der Waals surface area (Å²) in [5.41, 5.74) is 2.14. The topological polar surface area (TPSA) is 53.1 Å². The number of H-pyrrole nitrogens is 1. The van der Waals surface area contributed by atoms with Gasteiger partial charge < -0.3 is 10.1 Å². The fourth-order valence-corrected chi connectivity index (χ4v) is 4.08. The number of aliphatic hydroxyl groups excluding tert-OH is 1. The SMILES string of the molecule is C/C(O)=C1\CCCSc2c([nH]c3ccc(I)cc23)C1=O. The molecule has 104 valence electrons. The molecule has 1 aromatic heterocycles. The minimum Gasteiger partial charge on any atom is -0.512 e. The molecular formula is C15H14INO2S. The molecule has 20 heavy (non-hydrogen) atoms. The van der Waals surface area contributed by atoms with Gasteiger partial charge in [0.15, 0.2) is 0 Å². The van der Waals surface area contributed by atoms with E-state index in [-0.39, 0.29) is 11.5 Å². The molecule has 0 atom stereocenters. The maximum Gasteiger partial charge on any atom is 0.209 e. The van der Waals surface area contributed by atoms with Crippen LogP contribution in [0.4, 0.5) is 0 Å². The van der Waals surface area contributed by atoms with E-state index < -0.39 is 0 Å². The summed E-state index contributed by atoms with van der Waals surface area (Å²) in [6.07, 6.45) is 1.54. The lowest BCUT2D eigenvalue weighted by Gasteiger charge is -2.12. The molecule has 0 aliphatic carbocycles. The molecule has 0 radical (unpaired) electrons. The summed E-state index contributed by atoms with van der Waals surface area (Å²) in [7, 11) is 0. The largest absolute Gasteiger partial charge is 0.512 e. The number of aromatic amines is 1. The van der Waals surface area contributed by atoms with Crippen LogP contribution < -0.4 is 0 Å². The number of allylic oxidation sites excluding steroid dienone is 2. The fourth-order valence-electron chi connectivity index (χ4n) is 2.48. The second-order valence-electron chi connectivity index (χ2n) is 4.86. The number of hydrogen-bond donors (Lipinski definition) is 2. The van der Waals surface area contributed by atoms with E-state index in [9.17, 15) is 9.90 Å². The van der Waals surface area contributed by atoms with E-state index in [0.29, 0.717) is 17.7 Å². The standard InChI is InChI=1S/C15H14INO2S/c1-8(18)10-3-2-6-20-15-11-7-9(16)4-5-12(11)17-13(15)14(10)19/h4-5,7,17-18H,2-3,6H2,1H3/b10-8-. The molecule has 2 aromatic rings. The van der Waals surface area contributed by atoms with Crippen LogP contribution in [0.2, 0.25) is 0 Å². The van der Waals surface area contributed by atoms with E-state index in [1.165, 1.54) is 0 Å². The molecule has 0 amide bonds. The number of ketones is 1. The molecule has 0 saturated heterocycles. The highest BCUT2D eigenvalue weighted by Crippen LogP contribution is 2.37. The minimum absolute atomic E-state index is 0.0709. The highest BCUT2D eigenvalue weighted by Gasteiger charge is 2.24. The van der Waals surface area contributed by atoms with Gasteiger partial charge >= 0.3 is 0 Å². The number of thioether (sulfide) groups is 1. The summed E-state index contributed by atoms with van der Waals surface area (Å²) >= 11 is 4.01. The molecule has 2 N–H and O–H groups in total. The van der Waals surface area contributed by atoms with Gasteiger partial charge in [0.25, 0.3) is 0 Å². The van der Waals surface area contributed by atoms with E-state index in [1.54, 1.807) is 18.7 Å². The quantitative estimate of drug-likeness (QED) is 0.385. The first-order valence-electron chi connectivity index (χ1n) is 6.45. The lowest BCUT2D eigenvalue weighted by Crippen LogP contribution is -2.10. The molecule has 3 nitrogen and oxygen atoms in total. The van der Waals surface area contributed by atoms with Crippen molar-refractivity contribution < 1.29 is 9.90 Å². The molecule has 1 aromatic carbocycles. The number of benzene rings is 1. The Labute approximate surface area is 135 Å². The number of aromatic nitrogens is 1. The number of nitrogens with one attached hydrogen (secondary N) is 1. The average molecular weight is 399 g/mol. The Morgan fingerprint density at radius 3 is 3.00 bits per heavy atom. The fraction of sp³-hybridized carbons (Fsp3) is 0.267. The summed E-state index contributed by atoms with van der Waals surface area (Å²) in [6, 6.07) is 6.13. The second kappa shape index (κ2) is 5.44. The molecule has 0 fully saturated rings. The number of Topliss-reactive ketones (excluding diaryl/α,β-unsaturated/α-hetero) is 1. The first-order chi connectivity index (χ1) is 9.58. The summed E-state index contributed by atoms with van der Waals surface area (Å²) in [6.45, 7) is 1.59. The van der Waals surface area contributed by atoms with Crippen molar-refractivity contribution >= 4 is 51.0 Å². The van der Waals surface area contributed by atoms with Gasteiger partial charge in [0, 0.05) is 24.9 Å². The minimum atomic E-state index is -0.0709. The van der Waals surface area contributed by atoms with Gasteiger partial charge in [0.05, 0.1) is 5.76 Å². The molecular weight excluding hydrogens is 385 g/mol. The Bertz CT molecular complexity index is 729. The zero-order chi connectivity index (χ0) is 14.3. The van der Waals surface area contributed by atoms with Crippen molar-refractivity contribution in [1.29, 1.82) is 0 Å². The van der Waals surface area contributed by atoms with Crippen LogP contribution in [0.25, 0.3) is 10.9 Å². The van der Waals surface area contributed by atoms with E-state index >= 15 is 0 Å². The number of fused-ring (bicyclic) bond motifs is 3. The van der Waals surface area contributed by atoms with Gasteiger partial charge in [0.1, 0.15) is 5.69 Å². The predicted octanol–water partition coefficient (Wildman–Crippen LogP) is 4.67. The lowest BCUT2D eigenvalue weighted by molar-refractivity contribution is 0.101. The molecule has 1 aliphatic heterocycles. The van der Waals surface area contributed by atoms with Crippen LogP contribution in [-0.4, -0.2) is 21.6 Å². The van der Waals surface area contributed by atoms with E-state index in [0.717, 1.165) is 31.5 Å². The van der Waals surface area contributed by atoms with Gasteiger partial charge in [0.2, 0.25) is 5.78 Å². The smallest absolute Gasteiger partial charge is 0.209 e. The Morgan fingerprint density at radius 2 is 2.25 bits per heavy atom. The number of hydrogen-bond acceptors (Lipinski definition) is 3. The summed E-state index contributed by atoms with van der Waals surface area (Å²) in [4.78, 5) is 16.9. The second-order valence-corrected chi connectivity index (χ2v) is 7.21. The lowest BCUT2D eigenvalue weighted by atomic mass is 10.0. The van der Waals surface area contributed by atoms with Crippen molar-refractivity contribution in [2.45, 2.75) is 24.7 Å². The van der Waals surface area contributed by atoms with Gasteiger partial charge in [-0.25, -0.2) is 0 Å². The van der Waals surface area contributed by atoms with Crippen LogP contribution in [0, 0.1) is 3.57 Å². The molecule has 5 heteroatoms. The maximum atomic E-state index is 12.6. The van der Waals surface area contributed by atoms with Crippen LogP contribution in [-0.2, 0) is 0 Å². The number of halogens is 1. The van der Waals surface area contributed by atoms with Gasteiger partial charge in [-0.05, 0) is 66.3 Å². The van der Waals surface area contributed by atoms with Crippen LogP contribution in [0.3, 0.4) is 0 Å². The van der Waals surface area contributed by atoms with Crippen molar-refractivity contribution in [3.63, 3.8) is 0 Å². The molecule has 0 bridgehead atoms. The van der Waals surface area contributed by atoms with E-state index in [2.05, 4.69) is 33.6 Å². The monoisotopic (exact) mass is 399 g/mol. The number of carbonyl (C=O) groups excluding carboxylic acids is 1. The number of aliphatic hydroxyl groups is 1. The van der Waals surface area contributed by atoms with Crippen molar-refractivity contribution in [3.8, 4) is 0 Å². The number of carbonyl (C=O) groups is 1. The zero-order valence-electron chi connectivity index (χ0n) is 11.0. The number of rotatable bonds is 0. The van der Waals surface area contributed by atoms with Crippen LogP contribution in [0.5, 0.6) is 0 Å². The third-order valence-corrected chi connectivity index (χ3v) is 5.34. The van der Waals surface area contributed by atoms with Gasteiger partial charge in [-0.15, -0.1) is 11.8 Å². The van der Waals surface area contributed by atoms with Gasteiger partial charge in [-0.2, -0.15) is 0 Å². The summed E-state index contributed by atoms with van der Waals surface area (Å²) < 4.78 is 1.15. The average Bonchev–Trinajstić information content (AvgIpc) is 2.73. The van der Waals surface area contributed by atoms with Crippen molar-refractivity contribution in [3.05, 3.63) is 38.8 Å². The molecule has 0 spiro atoms. The van der Waals surface area contributed by atoms with Crippen LogP contribution in [0.1, 0.15) is 30.3 Å². The van der Waals surface area contributed by atoms with E-state index in [1.807, 2.05) is 12.1 Å². The molecule has 0 unspecified atom stereocenters. The Kier molecular flexibility index (Phi) is 3.81. The predicted molar refractivity (Wildman–Crippen MR) is 90.6 cm³/mol. The molecule has 0 saturated carbocycles. The Morgan fingerprint density at radius 1 is 1.45 bits per heavy atom. The highest BCUT2D eigenvalue weighted by atomic mass is 127. The maximum absolute atomic E-state index is 12.6. The van der Waals surface area contributed by atoms with Crippen molar-refractivity contribution in [2.75, 3.05) is 5.75 Å². The Hall–Kier alpha value is -0.950. The third kappa shape index (κ3) is 2.37. The van der Waals surface area contributed by atoms with Crippen molar-refractivity contribution in [2.24, 2.45) is 0 Å². The van der Waals surface area contributed by atoms with Gasteiger partial charge in [-0.1, -0.05) is 0 Å². The highest BCUT2D eigenvalue weighted by molar-refractivity contribution is 14.1. The van der Waals surface area contributed by atoms with Crippen LogP contribution in [0.15, 0.2) is 34.4 Å². The molecule has 2 heterocycles. The zero-order valence-corrected chi connectivity index (χ0v) is 14.0. The molecule has 1 aliphatic rings. The summed E-state index contributed by atoms with van der Waals surface area (Å²) in [5.74, 6) is 1.02. The first-order valence-corrected chi connectivity index (χ1v) is 8.52. The third-order valence-electron chi connectivity index (χ3n) is 3.47.